The lowest BCUT2D eigenvalue weighted by Gasteiger charge is -2.01. The van der Waals surface area contributed by atoms with Crippen LogP contribution in [-0.2, 0) is 0 Å². The first kappa shape index (κ1) is 11.8. The predicted octanol–water partition coefficient (Wildman–Crippen LogP) is 3.80. The minimum Gasteiger partial charge on any atom is -0.478 e. The van der Waals surface area contributed by atoms with Gasteiger partial charge in [-0.25, -0.2) is 14.2 Å². The van der Waals surface area contributed by atoms with Crippen LogP contribution in [0.25, 0.3) is 20.8 Å². The standard InChI is InChI=1S/C14H8FNO2S/c15-8-5-6-11-12(7-8)19-13(16-11)9-3-1-2-4-10(9)14(17)18/h1-7H,(H,17,18). The fourth-order valence-corrected chi connectivity index (χ4v) is 2.90. The topological polar surface area (TPSA) is 50.2 Å². The molecular weight excluding hydrogens is 265 g/mol. The molecule has 0 radical (unpaired) electrons. The molecule has 0 fully saturated rings. The highest BCUT2D eigenvalue weighted by Crippen LogP contribution is 2.32. The lowest BCUT2D eigenvalue weighted by molar-refractivity contribution is 0.0697. The Balaban J connectivity index is 2.22. The smallest absolute Gasteiger partial charge is 0.336 e. The van der Waals surface area contributed by atoms with Gasteiger partial charge in [0, 0.05) is 5.56 Å². The summed E-state index contributed by atoms with van der Waals surface area (Å²) < 4.78 is 13.8. The Hall–Kier alpha value is -2.27. The molecule has 1 N–H and O–H groups in total. The largest absolute Gasteiger partial charge is 0.478 e. The van der Waals surface area contributed by atoms with Gasteiger partial charge in [0.2, 0.25) is 0 Å². The van der Waals surface area contributed by atoms with Crippen LogP contribution in [-0.4, -0.2) is 16.1 Å². The number of hydrogen-bond donors (Lipinski definition) is 1. The van der Waals surface area contributed by atoms with Crippen LogP contribution in [0.3, 0.4) is 0 Å². The average molecular weight is 273 g/mol. The zero-order chi connectivity index (χ0) is 13.4. The Bertz CT molecular complexity index is 782. The van der Waals surface area contributed by atoms with Gasteiger partial charge in [0.1, 0.15) is 10.8 Å². The van der Waals surface area contributed by atoms with E-state index < -0.39 is 5.97 Å². The van der Waals surface area contributed by atoms with Crippen LogP contribution in [0.4, 0.5) is 4.39 Å². The number of rotatable bonds is 2. The molecule has 0 amide bonds. The molecule has 0 unspecified atom stereocenters. The fourth-order valence-electron chi connectivity index (χ4n) is 1.87. The van der Waals surface area contributed by atoms with Crippen molar-refractivity contribution in [3.8, 4) is 10.6 Å². The molecule has 3 rings (SSSR count). The number of hydrogen-bond acceptors (Lipinski definition) is 3. The second-order valence-electron chi connectivity index (χ2n) is 3.98. The Kier molecular flexibility index (Phi) is 2.76. The molecule has 3 aromatic rings. The number of aromatic carboxylic acids is 1. The Labute approximate surface area is 112 Å². The van der Waals surface area contributed by atoms with Crippen molar-refractivity contribution < 1.29 is 14.3 Å². The van der Waals surface area contributed by atoms with Crippen LogP contribution in [0.15, 0.2) is 42.5 Å². The van der Waals surface area contributed by atoms with Crippen molar-refractivity contribution in [2.45, 2.75) is 0 Å². The number of carboxylic acids is 1. The van der Waals surface area contributed by atoms with E-state index in [9.17, 15) is 9.18 Å². The number of aromatic nitrogens is 1. The van der Waals surface area contributed by atoms with E-state index in [4.69, 9.17) is 5.11 Å². The van der Waals surface area contributed by atoms with Crippen molar-refractivity contribution in [3.63, 3.8) is 0 Å². The van der Waals surface area contributed by atoms with E-state index in [1.54, 1.807) is 24.3 Å². The third kappa shape index (κ3) is 2.08. The summed E-state index contributed by atoms with van der Waals surface area (Å²) in [7, 11) is 0. The normalized spacial score (nSPS) is 10.8. The highest BCUT2D eigenvalue weighted by Gasteiger charge is 2.14. The van der Waals surface area contributed by atoms with Crippen LogP contribution < -0.4 is 0 Å². The molecule has 0 aliphatic rings. The van der Waals surface area contributed by atoms with Gasteiger partial charge in [-0.3, -0.25) is 0 Å². The van der Waals surface area contributed by atoms with Gasteiger partial charge in [0.15, 0.2) is 0 Å². The monoisotopic (exact) mass is 273 g/mol. The molecule has 3 nitrogen and oxygen atoms in total. The van der Waals surface area contributed by atoms with Crippen molar-refractivity contribution in [1.82, 2.24) is 4.98 Å². The molecule has 0 saturated heterocycles. The van der Waals surface area contributed by atoms with Gasteiger partial charge in [-0.2, -0.15) is 0 Å². The van der Waals surface area contributed by atoms with Crippen molar-refractivity contribution in [1.29, 1.82) is 0 Å². The molecule has 19 heavy (non-hydrogen) atoms. The number of carboxylic acid groups (broad SMARTS) is 1. The maximum Gasteiger partial charge on any atom is 0.336 e. The van der Waals surface area contributed by atoms with Crippen LogP contribution in [0.1, 0.15) is 10.4 Å². The summed E-state index contributed by atoms with van der Waals surface area (Å²) in [5.74, 6) is -1.32. The van der Waals surface area contributed by atoms with Gasteiger partial charge >= 0.3 is 5.97 Å². The van der Waals surface area contributed by atoms with E-state index in [-0.39, 0.29) is 11.4 Å². The molecule has 0 atom stereocenters. The van der Waals surface area contributed by atoms with Crippen molar-refractivity contribution in [3.05, 3.63) is 53.8 Å². The van der Waals surface area contributed by atoms with Gasteiger partial charge < -0.3 is 5.11 Å². The second kappa shape index (κ2) is 4.44. The maximum absolute atomic E-state index is 13.1. The number of nitrogens with zero attached hydrogens (tertiary/aromatic N) is 1. The number of thiazole rings is 1. The first-order valence-electron chi connectivity index (χ1n) is 5.54. The van der Waals surface area contributed by atoms with E-state index in [1.165, 1.54) is 29.5 Å². The van der Waals surface area contributed by atoms with E-state index in [0.29, 0.717) is 20.8 Å². The second-order valence-corrected chi connectivity index (χ2v) is 5.01. The lowest BCUT2D eigenvalue weighted by Crippen LogP contribution is -1.98. The van der Waals surface area contributed by atoms with Gasteiger partial charge in [0.25, 0.3) is 0 Å². The van der Waals surface area contributed by atoms with Crippen molar-refractivity contribution in [2.24, 2.45) is 0 Å². The summed E-state index contributed by atoms with van der Waals surface area (Å²) in [6.07, 6.45) is 0. The number of carbonyl (C=O) groups is 1. The highest BCUT2D eigenvalue weighted by atomic mass is 32.1. The van der Waals surface area contributed by atoms with Gasteiger partial charge in [-0.15, -0.1) is 11.3 Å². The SMILES string of the molecule is O=C(O)c1ccccc1-c1nc2ccc(F)cc2s1. The Morgan fingerprint density at radius 1 is 1.21 bits per heavy atom. The molecular formula is C14H8FNO2S. The summed E-state index contributed by atoms with van der Waals surface area (Å²) in [6.45, 7) is 0. The predicted molar refractivity (Wildman–Crippen MR) is 72.0 cm³/mol. The Morgan fingerprint density at radius 2 is 2.00 bits per heavy atom. The molecule has 94 valence electrons. The third-order valence-corrected chi connectivity index (χ3v) is 3.79. The van der Waals surface area contributed by atoms with E-state index >= 15 is 0 Å². The quantitative estimate of drug-likeness (QED) is 0.772. The molecule has 1 aromatic heterocycles. The van der Waals surface area contributed by atoms with E-state index in [0.717, 1.165) is 0 Å². The zero-order valence-corrected chi connectivity index (χ0v) is 10.4. The minimum atomic E-state index is -0.999. The minimum absolute atomic E-state index is 0.196. The molecule has 0 bridgehead atoms. The first-order chi connectivity index (χ1) is 9.15. The van der Waals surface area contributed by atoms with Crippen LogP contribution in [0.5, 0.6) is 0 Å². The summed E-state index contributed by atoms with van der Waals surface area (Å²) in [4.78, 5) is 15.5. The maximum atomic E-state index is 13.1. The van der Waals surface area contributed by atoms with Gasteiger partial charge in [0.05, 0.1) is 15.8 Å². The van der Waals surface area contributed by atoms with Gasteiger partial charge in [-0.1, -0.05) is 18.2 Å². The van der Waals surface area contributed by atoms with Crippen molar-refractivity contribution >= 4 is 27.5 Å². The average Bonchev–Trinajstić information content (AvgIpc) is 2.81. The molecule has 0 spiro atoms. The zero-order valence-electron chi connectivity index (χ0n) is 9.63. The van der Waals surface area contributed by atoms with Crippen LogP contribution in [0, 0.1) is 5.82 Å². The molecule has 0 aliphatic carbocycles. The molecule has 1 heterocycles. The van der Waals surface area contributed by atoms with Crippen LogP contribution in [0.2, 0.25) is 0 Å². The molecule has 0 saturated carbocycles. The fraction of sp³-hybridized carbons (Fsp3) is 0. The summed E-state index contributed by atoms with van der Waals surface area (Å²) in [5, 5.41) is 9.74. The Morgan fingerprint density at radius 3 is 2.79 bits per heavy atom. The first-order valence-corrected chi connectivity index (χ1v) is 6.35. The van der Waals surface area contributed by atoms with E-state index in [2.05, 4.69) is 4.98 Å². The number of fused-ring (bicyclic) bond motifs is 1. The van der Waals surface area contributed by atoms with Crippen molar-refractivity contribution in [2.75, 3.05) is 0 Å². The number of benzene rings is 2. The highest BCUT2D eigenvalue weighted by molar-refractivity contribution is 7.21. The number of halogens is 1. The van der Waals surface area contributed by atoms with Crippen LogP contribution >= 0.6 is 11.3 Å². The molecule has 5 heteroatoms. The summed E-state index contributed by atoms with van der Waals surface area (Å²) >= 11 is 1.28. The van der Waals surface area contributed by atoms with Gasteiger partial charge in [-0.05, 0) is 24.3 Å². The molecule has 0 aliphatic heterocycles. The lowest BCUT2D eigenvalue weighted by atomic mass is 10.1. The van der Waals surface area contributed by atoms with E-state index in [1.807, 2.05) is 0 Å². The molecule has 2 aromatic carbocycles. The third-order valence-electron chi connectivity index (χ3n) is 2.74. The summed E-state index contributed by atoms with van der Waals surface area (Å²) in [5.41, 5.74) is 1.42. The summed E-state index contributed by atoms with van der Waals surface area (Å²) in [6, 6.07) is 11.0.